The Kier molecular flexibility index (Phi) is 6.26. The van der Waals surface area contributed by atoms with Gasteiger partial charge in [0.2, 0.25) is 0 Å². The Labute approximate surface area is 165 Å². The summed E-state index contributed by atoms with van der Waals surface area (Å²) >= 11 is 6.10. The number of nitrogens with one attached hydrogen (secondary N) is 1. The van der Waals surface area contributed by atoms with Crippen LogP contribution in [0.3, 0.4) is 0 Å². The molecule has 3 aromatic rings. The van der Waals surface area contributed by atoms with Gasteiger partial charge in [-0.1, -0.05) is 23.7 Å². The number of nitrogens with zero attached hydrogens (tertiary/aromatic N) is 2. The molecule has 0 fully saturated rings. The van der Waals surface area contributed by atoms with Crippen molar-refractivity contribution >= 4 is 17.5 Å². The van der Waals surface area contributed by atoms with Gasteiger partial charge in [0.25, 0.3) is 5.91 Å². The second-order valence-electron chi connectivity index (χ2n) is 6.03. The van der Waals surface area contributed by atoms with Crippen molar-refractivity contribution in [3.05, 3.63) is 82.1 Å². The fraction of sp³-hybridized carbons (Fsp3) is 0.200. The van der Waals surface area contributed by atoms with Gasteiger partial charge in [0.05, 0.1) is 11.6 Å². The van der Waals surface area contributed by atoms with E-state index in [1.54, 1.807) is 35.1 Å². The van der Waals surface area contributed by atoms with Crippen LogP contribution in [0.25, 0.3) is 0 Å². The van der Waals surface area contributed by atoms with Gasteiger partial charge in [0.1, 0.15) is 18.1 Å². The first-order chi connectivity index (χ1) is 13.5. The molecule has 0 atom stereocenters. The fourth-order valence-electron chi connectivity index (χ4n) is 2.54. The zero-order valence-electron chi connectivity index (χ0n) is 15.1. The van der Waals surface area contributed by atoms with E-state index in [9.17, 15) is 13.6 Å². The van der Waals surface area contributed by atoms with Crippen molar-refractivity contribution in [2.75, 3.05) is 0 Å². The lowest BCUT2D eigenvalue weighted by atomic mass is 10.1. The van der Waals surface area contributed by atoms with Crippen LogP contribution in [0.15, 0.2) is 48.7 Å². The van der Waals surface area contributed by atoms with E-state index < -0.39 is 11.6 Å². The Hall–Kier alpha value is -2.93. The zero-order chi connectivity index (χ0) is 20.1. The fourth-order valence-corrected chi connectivity index (χ4v) is 2.76. The molecular formula is C20H18ClF2N3O2. The van der Waals surface area contributed by atoms with E-state index in [4.69, 9.17) is 16.3 Å². The summed E-state index contributed by atoms with van der Waals surface area (Å²) in [6.07, 6.45) is 1.70. The van der Waals surface area contributed by atoms with Crippen LogP contribution in [0.5, 0.6) is 5.75 Å². The molecule has 28 heavy (non-hydrogen) atoms. The highest BCUT2D eigenvalue weighted by Crippen LogP contribution is 2.19. The summed E-state index contributed by atoms with van der Waals surface area (Å²) in [7, 11) is 0. The number of hydrogen-bond donors (Lipinski definition) is 1. The van der Waals surface area contributed by atoms with Gasteiger partial charge < -0.3 is 10.1 Å². The minimum absolute atomic E-state index is 0.0381. The van der Waals surface area contributed by atoms with Gasteiger partial charge in [-0.2, -0.15) is 5.10 Å². The molecule has 0 aliphatic carbocycles. The largest absolute Gasteiger partial charge is 0.486 e. The average Bonchev–Trinajstić information content (AvgIpc) is 3.05. The maximum atomic E-state index is 13.6. The van der Waals surface area contributed by atoms with Gasteiger partial charge in [0, 0.05) is 24.4 Å². The molecule has 0 radical (unpaired) electrons. The van der Waals surface area contributed by atoms with Gasteiger partial charge in [-0.25, -0.2) is 8.78 Å². The number of carbonyl (C=O) groups excluding carboxylic acids is 1. The van der Waals surface area contributed by atoms with Crippen molar-refractivity contribution < 1.29 is 18.3 Å². The van der Waals surface area contributed by atoms with Crippen LogP contribution in [0, 0.1) is 11.6 Å². The number of rotatable bonds is 7. The lowest BCUT2D eigenvalue weighted by Crippen LogP contribution is -2.23. The lowest BCUT2D eigenvalue weighted by molar-refractivity contribution is 0.0950. The molecule has 3 rings (SSSR count). The van der Waals surface area contributed by atoms with Crippen molar-refractivity contribution in [1.82, 2.24) is 15.1 Å². The predicted molar refractivity (Wildman–Crippen MR) is 101 cm³/mol. The topological polar surface area (TPSA) is 56.2 Å². The SMILES string of the molecule is CCn1cc(Cl)c(CNC(=O)c2cccc(COc3ccc(F)cc3F)c2)n1. The Balaban J connectivity index is 1.61. The molecule has 0 aliphatic heterocycles. The number of aromatic nitrogens is 2. The molecule has 0 saturated heterocycles. The van der Waals surface area contributed by atoms with Crippen molar-refractivity contribution in [2.45, 2.75) is 26.6 Å². The third-order valence-corrected chi connectivity index (χ3v) is 4.32. The highest BCUT2D eigenvalue weighted by atomic mass is 35.5. The van der Waals surface area contributed by atoms with E-state index in [2.05, 4.69) is 10.4 Å². The maximum absolute atomic E-state index is 13.6. The zero-order valence-corrected chi connectivity index (χ0v) is 15.8. The van der Waals surface area contributed by atoms with Crippen LogP contribution in [0.1, 0.15) is 28.5 Å². The molecule has 5 nitrogen and oxygen atoms in total. The smallest absolute Gasteiger partial charge is 0.251 e. The molecule has 1 N–H and O–H groups in total. The van der Waals surface area contributed by atoms with Crippen LogP contribution in [-0.4, -0.2) is 15.7 Å². The molecule has 0 unspecified atom stereocenters. The molecular weight excluding hydrogens is 388 g/mol. The summed E-state index contributed by atoms with van der Waals surface area (Å²) < 4.78 is 33.6. The molecule has 146 valence electrons. The minimum atomic E-state index is -0.780. The third kappa shape index (κ3) is 4.86. The molecule has 1 heterocycles. The maximum Gasteiger partial charge on any atom is 0.251 e. The first-order valence-corrected chi connectivity index (χ1v) is 9.01. The summed E-state index contributed by atoms with van der Waals surface area (Å²) in [5, 5.41) is 7.54. The molecule has 0 aliphatic rings. The molecule has 8 heteroatoms. The monoisotopic (exact) mass is 405 g/mol. The Morgan fingerprint density at radius 1 is 1.25 bits per heavy atom. The number of amides is 1. The summed E-state index contributed by atoms with van der Waals surface area (Å²) in [6.45, 7) is 2.87. The van der Waals surface area contributed by atoms with Crippen LogP contribution < -0.4 is 10.1 Å². The molecule has 0 bridgehead atoms. The number of aryl methyl sites for hydroxylation is 1. The predicted octanol–water partition coefficient (Wildman–Crippen LogP) is 4.34. The Morgan fingerprint density at radius 3 is 2.79 bits per heavy atom. The number of hydrogen-bond acceptors (Lipinski definition) is 3. The second kappa shape index (κ2) is 8.84. The summed E-state index contributed by atoms with van der Waals surface area (Å²) in [6, 6.07) is 9.84. The normalized spacial score (nSPS) is 10.7. The second-order valence-corrected chi connectivity index (χ2v) is 6.43. The van der Waals surface area contributed by atoms with Crippen molar-refractivity contribution in [1.29, 1.82) is 0 Å². The molecule has 1 amide bonds. The van der Waals surface area contributed by atoms with Crippen LogP contribution in [0.4, 0.5) is 8.78 Å². The van der Waals surface area contributed by atoms with E-state index in [0.717, 1.165) is 12.1 Å². The van der Waals surface area contributed by atoms with E-state index >= 15 is 0 Å². The average molecular weight is 406 g/mol. The van der Waals surface area contributed by atoms with Crippen molar-refractivity contribution in [3.8, 4) is 5.75 Å². The Bertz CT molecular complexity index is 991. The van der Waals surface area contributed by atoms with Gasteiger partial charge in [-0.3, -0.25) is 9.48 Å². The van der Waals surface area contributed by atoms with Gasteiger partial charge in [-0.15, -0.1) is 0 Å². The van der Waals surface area contributed by atoms with E-state index in [0.29, 0.717) is 28.4 Å². The standard InChI is InChI=1S/C20H18ClF2N3O2/c1-2-26-11-16(21)18(25-26)10-24-20(27)14-5-3-4-13(8-14)12-28-19-7-6-15(22)9-17(19)23/h3-9,11H,2,10,12H2,1H3,(H,24,27). The lowest BCUT2D eigenvalue weighted by Gasteiger charge is -2.09. The number of carbonyl (C=O) groups is 1. The van der Waals surface area contributed by atoms with Crippen molar-refractivity contribution in [3.63, 3.8) is 0 Å². The summed E-state index contributed by atoms with van der Waals surface area (Å²) in [4.78, 5) is 12.4. The molecule has 0 spiro atoms. The molecule has 1 aromatic heterocycles. The van der Waals surface area contributed by atoms with E-state index in [-0.39, 0.29) is 24.8 Å². The third-order valence-electron chi connectivity index (χ3n) is 4.01. The first kappa shape index (κ1) is 19.8. The summed E-state index contributed by atoms with van der Waals surface area (Å²) in [5.74, 6) is -1.81. The van der Waals surface area contributed by atoms with Crippen LogP contribution in [0.2, 0.25) is 5.02 Å². The molecule has 2 aromatic carbocycles. The quantitative estimate of drug-likeness (QED) is 0.636. The van der Waals surface area contributed by atoms with Gasteiger partial charge in [-0.05, 0) is 36.8 Å². The number of ether oxygens (including phenoxy) is 1. The van der Waals surface area contributed by atoms with Gasteiger partial charge in [0.15, 0.2) is 11.6 Å². The number of halogens is 3. The van der Waals surface area contributed by atoms with E-state index in [1.807, 2.05) is 6.92 Å². The Morgan fingerprint density at radius 2 is 2.07 bits per heavy atom. The van der Waals surface area contributed by atoms with Crippen molar-refractivity contribution in [2.24, 2.45) is 0 Å². The highest BCUT2D eigenvalue weighted by Gasteiger charge is 2.11. The molecule has 0 saturated carbocycles. The minimum Gasteiger partial charge on any atom is -0.486 e. The van der Waals surface area contributed by atoms with E-state index in [1.165, 1.54) is 6.07 Å². The van der Waals surface area contributed by atoms with Crippen LogP contribution >= 0.6 is 11.6 Å². The van der Waals surface area contributed by atoms with Crippen LogP contribution in [-0.2, 0) is 19.7 Å². The number of benzene rings is 2. The summed E-state index contributed by atoms with van der Waals surface area (Å²) in [5.41, 5.74) is 1.68. The highest BCUT2D eigenvalue weighted by molar-refractivity contribution is 6.31. The first-order valence-electron chi connectivity index (χ1n) is 8.63. The van der Waals surface area contributed by atoms with Gasteiger partial charge >= 0.3 is 0 Å².